The highest BCUT2D eigenvalue weighted by molar-refractivity contribution is 5.82. The van der Waals surface area contributed by atoms with Gasteiger partial charge in [0.1, 0.15) is 11.7 Å². The van der Waals surface area contributed by atoms with E-state index in [9.17, 15) is 14.0 Å². The molecule has 2 fully saturated rings. The van der Waals surface area contributed by atoms with Gasteiger partial charge in [-0.3, -0.25) is 9.59 Å². The third-order valence-corrected chi connectivity index (χ3v) is 7.06. The minimum atomic E-state index is -1.07. The molecule has 2 atom stereocenters. The van der Waals surface area contributed by atoms with E-state index in [-0.39, 0.29) is 50.0 Å². The van der Waals surface area contributed by atoms with E-state index in [4.69, 9.17) is 14.3 Å². The Balaban J connectivity index is 1.20. The quantitative estimate of drug-likeness (QED) is 0.530. The topological polar surface area (TPSA) is 92.9 Å². The third-order valence-electron chi connectivity index (χ3n) is 7.06. The van der Waals surface area contributed by atoms with Crippen LogP contribution in [0.2, 0.25) is 0 Å². The van der Waals surface area contributed by atoms with Crippen LogP contribution < -0.4 is 0 Å². The van der Waals surface area contributed by atoms with Gasteiger partial charge in [0.05, 0.1) is 37.6 Å². The number of alkyl halides is 1. The number of likely N-dealkylation sites (tertiary alicyclic amines) is 1. The van der Waals surface area contributed by atoms with E-state index in [1.807, 2.05) is 48.5 Å². The molecule has 1 aliphatic heterocycles. The summed E-state index contributed by atoms with van der Waals surface area (Å²) in [5.74, 6) is -0.676. The van der Waals surface area contributed by atoms with E-state index in [0.29, 0.717) is 42.7 Å². The van der Waals surface area contributed by atoms with E-state index in [1.54, 1.807) is 4.90 Å². The van der Waals surface area contributed by atoms with Crippen LogP contribution in [-0.4, -0.2) is 58.3 Å². The highest BCUT2D eigenvalue weighted by Gasteiger charge is 2.36. The summed E-state index contributed by atoms with van der Waals surface area (Å²) >= 11 is 0. The zero-order chi connectivity index (χ0) is 24.4. The fourth-order valence-electron chi connectivity index (χ4n) is 5.11. The monoisotopic (exact) mass is 480 g/mol. The summed E-state index contributed by atoms with van der Waals surface area (Å²) < 4.78 is 26.2. The Bertz CT molecular complexity index is 1190. The molecule has 3 aromatic rings. The molecule has 0 spiro atoms. The van der Waals surface area contributed by atoms with E-state index in [2.05, 4.69) is 4.98 Å². The number of fused-ring (bicyclic) bond motifs is 1. The van der Waals surface area contributed by atoms with Crippen molar-refractivity contribution < 1.29 is 28.2 Å². The van der Waals surface area contributed by atoms with Crippen LogP contribution in [0, 0.1) is 5.92 Å². The van der Waals surface area contributed by atoms with Crippen molar-refractivity contribution in [1.29, 1.82) is 0 Å². The molecule has 0 unspecified atom stereocenters. The number of rotatable bonds is 7. The fraction of sp³-hybridized carbons (Fsp3) is 0.444. The molecule has 2 aromatic carbocycles. The SMILES string of the molecule is O=C(O)C1CCC(OC[C@@H]2C[C@H](F)CN2C(=O)Cc2ccc3nc(-c4ccccc4)oc3c2)CC1. The summed E-state index contributed by atoms with van der Waals surface area (Å²) in [4.78, 5) is 30.3. The summed E-state index contributed by atoms with van der Waals surface area (Å²) in [5, 5.41) is 9.15. The molecule has 35 heavy (non-hydrogen) atoms. The standard InChI is InChI=1S/C27H29FN2O5/c28-20-14-21(16-34-22-9-7-19(8-10-22)27(32)33)30(15-20)25(31)13-17-6-11-23-24(12-17)35-26(29-23)18-4-2-1-3-5-18/h1-6,11-12,19-22H,7-10,13-16H2,(H,32,33)/t19?,20-,21-,22?/m0/s1. The number of hydrogen-bond acceptors (Lipinski definition) is 5. The number of oxazole rings is 1. The molecule has 1 aromatic heterocycles. The molecule has 2 heterocycles. The van der Waals surface area contributed by atoms with Crippen LogP contribution in [0.5, 0.6) is 0 Å². The van der Waals surface area contributed by atoms with Crippen molar-refractivity contribution in [3.05, 3.63) is 54.1 Å². The number of ether oxygens (including phenoxy) is 1. The number of carboxylic acids is 1. The third kappa shape index (κ3) is 5.37. The Morgan fingerprint density at radius 3 is 2.63 bits per heavy atom. The molecule has 1 aliphatic carbocycles. The second kappa shape index (κ2) is 10.2. The number of aromatic nitrogens is 1. The number of carboxylic acid groups (broad SMARTS) is 1. The summed E-state index contributed by atoms with van der Waals surface area (Å²) in [6.45, 7) is 0.345. The van der Waals surface area contributed by atoms with Crippen LogP contribution in [0.25, 0.3) is 22.6 Å². The van der Waals surface area contributed by atoms with Crippen LogP contribution in [0.1, 0.15) is 37.7 Å². The molecule has 0 bridgehead atoms. The van der Waals surface area contributed by atoms with Gasteiger partial charge in [0.2, 0.25) is 11.8 Å². The van der Waals surface area contributed by atoms with Crippen LogP contribution in [0.4, 0.5) is 4.39 Å². The van der Waals surface area contributed by atoms with Crippen molar-refractivity contribution in [1.82, 2.24) is 9.88 Å². The maximum absolute atomic E-state index is 14.3. The van der Waals surface area contributed by atoms with Gasteiger partial charge in [-0.25, -0.2) is 9.37 Å². The lowest BCUT2D eigenvalue weighted by atomic mass is 9.87. The fourth-order valence-corrected chi connectivity index (χ4v) is 5.11. The second-order valence-corrected chi connectivity index (χ2v) is 9.54. The minimum Gasteiger partial charge on any atom is -0.481 e. The lowest BCUT2D eigenvalue weighted by Gasteiger charge is -2.29. The predicted molar refractivity (Wildman–Crippen MR) is 127 cm³/mol. The number of aliphatic carboxylic acids is 1. The molecular formula is C27H29FN2O5. The van der Waals surface area contributed by atoms with Crippen molar-refractivity contribution in [2.75, 3.05) is 13.2 Å². The van der Waals surface area contributed by atoms with Crippen molar-refractivity contribution in [2.45, 2.75) is 56.8 Å². The van der Waals surface area contributed by atoms with Gasteiger partial charge in [-0.15, -0.1) is 0 Å². The van der Waals surface area contributed by atoms with Crippen molar-refractivity contribution in [2.24, 2.45) is 5.92 Å². The summed E-state index contributed by atoms with van der Waals surface area (Å²) in [6, 6.07) is 14.8. The van der Waals surface area contributed by atoms with Crippen LogP contribution >= 0.6 is 0 Å². The van der Waals surface area contributed by atoms with Gasteiger partial charge in [0, 0.05) is 12.0 Å². The van der Waals surface area contributed by atoms with E-state index < -0.39 is 12.1 Å². The van der Waals surface area contributed by atoms with Crippen LogP contribution in [-0.2, 0) is 20.7 Å². The van der Waals surface area contributed by atoms with Gasteiger partial charge in [0.25, 0.3) is 0 Å². The van der Waals surface area contributed by atoms with Gasteiger partial charge in [-0.1, -0.05) is 24.3 Å². The average molecular weight is 481 g/mol. The first-order chi connectivity index (χ1) is 17.0. The average Bonchev–Trinajstić information content (AvgIpc) is 3.46. The number of carbonyl (C=O) groups excluding carboxylic acids is 1. The molecule has 5 rings (SSSR count). The number of carbonyl (C=O) groups is 2. The Labute approximate surface area is 202 Å². The summed E-state index contributed by atoms with van der Waals surface area (Å²) in [5.41, 5.74) is 2.99. The Hall–Kier alpha value is -3.26. The van der Waals surface area contributed by atoms with Crippen LogP contribution in [0.15, 0.2) is 52.9 Å². The first-order valence-electron chi connectivity index (χ1n) is 12.2. The smallest absolute Gasteiger partial charge is 0.306 e. The molecule has 2 aliphatic rings. The molecular weight excluding hydrogens is 451 g/mol. The molecule has 1 amide bonds. The molecule has 1 saturated heterocycles. The van der Waals surface area contributed by atoms with Gasteiger partial charge in [-0.2, -0.15) is 0 Å². The van der Waals surface area contributed by atoms with Gasteiger partial charge in [-0.05, 0) is 55.5 Å². The van der Waals surface area contributed by atoms with Gasteiger partial charge < -0.3 is 19.2 Å². The molecule has 184 valence electrons. The minimum absolute atomic E-state index is 0.0334. The zero-order valence-corrected chi connectivity index (χ0v) is 19.4. The Morgan fingerprint density at radius 2 is 1.89 bits per heavy atom. The van der Waals surface area contributed by atoms with Gasteiger partial charge >= 0.3 is 5.97 Å². The Morgan fingerprint density at radius 1 is 1.11 bits per heavy atom. The van der Waals surface area contributed by atoms with Gasteiger partial charge in [0.15, 0.2) is 5.58 Å². The normalized spacial score (nSPS) is 24.7. The molecule has 7 nitrogen and oxygen atoms in total. The van der Waals surface area contributed by atoms with E-state index in [1.165, 1.54) is 0 Å². The molecule has 8 heteroatoms. The van der Waals surface area contributed by atoms with E-state index in [0.717, 1.165) is 11.1 Å². The highest BCUT2D eigenvalue weighted by atomic mass is 19.1. The first-order valence-corrected chi connectivity index (χ1v) is 12.2. The highest BCUT2D eigenvalue weighted by Crippen LogP contribution is 2.29. The number of amides is 1. The van der Waals surface area contributed by atoms with Crippen molar-refractivity contribution >= 4 is 23.0 Å². The summed E-state index contributed by atoms with van der Waals surface area (Å²) in [7, 11) is 0. The second-order valence-electron chi connectivity index (χ2n) is 9.54. The van der Waals surface area contributed by atoms with Crippen molar-refractivity contribution in [3.63, 3.8) is 0 Å². The Kier molecular flexibility index (Phi) is 6.81. The maximum atomic E-state index is 14.3. The maximum Gasteiger partial charge on any atom is 0.306 e. The lowest BCUT2D eigenvalue weighted by molar-refractivity contribution is -0.144. The molecule has 0 radical (unpaired) electrons. The lowest BCUT2D eigenvalue weighted by Crippen LogP contribution is -2.40. The van der Waals surface area contributed by atoms with Crippen molar-refractivity contribution in [3.8, 4) is 11.5 Å². The molecule has 1 N–H and O–H groups in total. The zero-order valence-electron chi connectivity index (χ0n) is 19.4. The van der Waals surface area contributed by atoms with Crippen LogP contribution in [0.3, 0.4) is 0 Å². The summed E-state index contributed by atoms with van der Waals surface area (Å²) in [6.07, 6.45) is 1.85. The number of hydrogen-bond donors (Lipinski definition) is 1. The number of benzene rings is 2. The predicted octanol–water partition coefficient (Wildman–Crippen LogP) is 4.64. The molecule has 1 saturated carbocycles. The van der Waals surface area contributed by atoms with E-state index >= 15 is 0 Å². The number of halogens is 1. The number of nitrogens with zero attached hydrogens (tertiary/aromatic N) is 2. The first kappa shape index (κ1) is 23.5. The largest absolute Gasteiger partial charge is 0.481 e.